The molecular weight excluding hydrogens is 675 g/mol. The van der Waals surface area contributed by atoms with Crippen molar-refractivity contribution in [1.82, 2.24) is 0 Å². The molecule has 1 aliphatic rings. The lowest BCUT2D eigenvalue weighted by molar-refractivity contribution is 1.30. The number of benzene rings is 9. The van der Waals surface area contributed by atoms with Gasteiger partial charge in [0.25, 0.3) is 0 Å². The number of fused-ring (bicyclic) bond motifs is 6. The topological polar surface area (TPSA) is 3.24 Å². The normalized spacial score (nSPS) is 15.6. The predicted molar refractivity (Wildman–Crippen MR) is 241 cm³/mol. The minimum Gasteiger partial charge on any atom is -0.310 e. The van der Waals surface area contributed by atoms with Crippen molar-refractivity contribution in [1.29, 1.82) is 0 Å². The molecule has 1 aliphatic carbocycles. The highest BCUT2D eigenvalue weighted by Gasteiger charge is 2.19. The van der Waals surface area contributed by atoms with Crippen molar-refractivity contribution >= 4 is 71.8 Å². The van der Waals surface area contributed by atoms with Crippen molar-refractivity contribution in [2.45, 2.75) is 6.42 Å². The van der Waals surface area contributed by atoms with E-state index >= 15 is 0 Å². The lowest BCUT2D eigenvalue weighted by Crippen LogP contribution is -2.27. The Morgan fingerprint density at radius 3 is 1.66 bits per heavy atom. The second-order valence-electron chi connectivity index (χ2n) is 14.5. The van der Waals surface area contributed by atoms with Gasteiger partial charge in [-0.25, -0.2) is 0 Å². The molecule has 264 valence electrons. The van der Waals surface area contributed by atoms with Gasteiger partial charge in [-0.2, -0.15) is 0 Å². The van der Waals surface area contributed by atoms with Crippen molar-refractivity contribution in [3.63, 3.8) is 0 Å². The summed E-state index contributed by atoms with van der Waals surface area (Å²) in [5, 5.41) is 12.3. The van der Waals surface area contributed by atoms with Crippen LogP contribution < -0.4 is 15.3 Å². The van der Waals surface area contributed by atoms with Gasteiger partial charge in [0, 0.05) is 16.8 Å². The monoisotopic (exact) mass is 713 g/mol. The van der Waals surface area contributed by atoms with Gasteiger partial charge in [0.05, 0.1) is 5.69 Å². The maximum absolute atomic E-state index is 4.55. The fraction of sp³-hybridized carbons (Fsp3) is 0.0182. The zero-order valence-corrected chi connectivity index (χ0v) is 31.1. The Hall–Kier alpha value is -7.22. The molecule has 0 spiro atoms. The number of rotatable bonds is 5. The Morgan fingerprint density at radius 1 is 0.446 bits per heavy atom. The molecule has 0 heterocycles. The van der Waals surface area contributed by atoms with E-state index in [0.29, 0.717) is 0 Å². The largest absolute Gasteiger partial charge is 0.310 e. The molecule has 1 heteroatoms. The quantitative estimate of drug-likeness (QED) is 0.127. The van der Waals surface area contributed by atoms with Crippen LogP contribution in [0.15, 0.2) is 218 Å². The second-order valence-corrected chi connectivity index (χ2v) is 14.5. The van der Waals surface area contributed by atoms with E-state index in [1.165, 1.54) is 64.7 Å². The van der Waals surface area contributed by atoms with Gasteiger partial charge >= 0.3 is 0 Å². The van der Waals surface area contributed by atoms with E-state index in [2.05, 4.69) is 224 Å². The molecule has 0 saturated heterocycles. The standard InChI is InChI=1S/C55H39N/c1-38-16-4-2-3-5-17-39-18-6-11-23-48(39)54(38)40-28-32-45(33-29-40)56(53-37-44-21-7-10-22-47(44)51-26-14-15-27-52(51)53)46-34-30-41(31-35-46)55-49-24-12-8-19-42(49)36-43-20-9-13-25-50(43)55/h2-4,6-37H,1,5H2/b3-2-,16-4-,39-17-,54-48+. The first-order valence-electron chi connectivity index (χ1n) is 19.4. The average Bonchev–Trinajstić information content (AvgIpc) is 3.25. The molecule has 0 aliphatic heterocycles. The van der Waals surface area contributed by atoms with Crippen LogP contribution in [0, 0.1) is 0 Å². The predicted octanol–water partition coefficient (Wildman–Crippen LogP) is 13.5. The molecule has 0 aromatic heterocycles. The zero-order chi connectivity index (χ0) is 37.4. The van der Waals surface area contributed by atoms with E-state index < -0.39 is 0 Å². The van der Waals surface area contributed by atoms with E-state index in [1.54, 1.807) is 0 Å². The van der Waals surface area contributed by atoms with E-state index in [4.69, 9.17) is 0 Å². The molecule has 9 aromatic carbocycles. The van der Waals surface area contributed by atoms with E-state index in [9.17, 15) is 0 Å². The zero-order valence-electron chi connectivity index (χ0n) is 31.1. The van der Waals surface area contributed by atoms with Crippen LogP contribution in [0.2, 0.25) is 0 Å². The smallest absolute Gasteiger partial charge is 0.0546 e. The van der Waals surface area contributed by atoms with Gasteiger partial charge in [-0.1, -0.05) is 183 Å². The summed E-state index contributed by atoms with van der Waals surface area (Å²) in [7, 11) is 0. The van der Waals surface area contributed by atoms with Crippen LogP contribution in [0.5, 0.6) is 0 Å². The van der Waals surface area contributed by atoms with Gasteiger partial charge in [0.2, 0.25) is 0 Å². The fourth-order valence-corrected chi connectivity index (χ4v) is 8.55. The lowest BCUT2D eigenvalue weighted by atomic mass is 9.92. The molecule has 0 saturated carbocycles. The van der Waals surface area contributed by atoms with E-state index in [0.717, 1.165) is 40.2 Å². The summed E-state index contributed by atoms with van der Waals surface area (Å²) in [5.74, 6) is 0. The highest BCUT2D eigenvalue weighted by Crippen LogP contribution is 2.44. The third-order valence-corrected chi connectivity index (χ3v) is 11.2. The molecule has 0 fully saturated rings. The molecule has 9 aromatic rings. The Kier molecular flexibility index (Phi) is 8.46. The van der Waals surface area contributed by atoms with E-state index in [-0.39, 0.29) is 0 Å². The molecule has 0 bridgehead atoms. The Bertz CT molecular complexity index is 3110. The van der Waals surface area contributed by atoms with Crippen molar-refractivity contribution in [2.75, 3.05) is 4.90 Å². The Morgan fingerprint density at radius 2 is 0.982 bits per heavy atom. The number of nitrogens with zero attached hydrogens (tertiary/aromatic N) is 1. The molecule has 0 N–H and O–H groups in total. The molecule has 0 unspecified atom stereocenters. The number of hydrogen-bond acceptors (Lipinski definition) is 1. The van der Waals surface area contributed by atoms with E-state index in [1.807, 2.05) is 0 Å². The van der Waals surface area contributed by atoms with Crippen molar-refractivity contribution < 1.29 is 0 Å². The van der Waals surface area contributed by atoms with Gasteiger partial charge in [-0.05, 0) is 119 Å². The maximum atomic E-state index is 4.55. The summed E-state index contributed by atoms with van der Waals surface area (Å²) in [6.07, 6.45) is 11.7. The van der Waals surface area contributed by atoms with Crippen LogP contribution in [-0.2, 0) is 0 Å². The highest BCUT2D eigenvalue weighted by atomic mass is 15.1. The van der Waals surface area contributed by atoms with Crippen LogP contribution in [0.1, 0.15) is 12.0 Å². The first kappa shape index (κ1) is 33.4. The lowest BCUT2D eigenvalue weighted by Gasteiger charge is -2.28. The molecule has 10 rings (SSSR count). The first-order valence-corrected chi connectivity index (χ1v) is 19.4. The summed E-state index contributed by atoms with van der Waals surface area (Å²) in [4.78, 5) is 2.42. The number of hydrogen-bond donors (Lipinski definition) is 0. The highest BCUT2D eigenvalue weighted by molar-refractivity contribution is 6.15. The number of allylic oxidation sites excluding steroid dienone is 5. The SMILES string of the molecule is C=C1/C=C\C=C/C/C=c2/cccc/c2=C/1c1ccc(N(c2ccc(-c3c4ccccc4cc4ccccc34)cc2)c2cc3ccccc3c3ccccc23)cc1. The molecular formula is C55H39N. The van der Waals surface area contributed by atoms with Crippen molar-refractivity contribution in [2.24, 2.45) is 0 Å². The maximum Gasteiger partial charge on any atom is 0.0546 e. The molecule has 1 nitrogen and oxygen atoms in total. The fourth-order valence-electron chi connectivity index (χ4n) is 8.55. The van der Waals surface area contributed by atoms with Crippen LogP contribution in [0.4, 0.5) is 17.1 Å². The number of anilines is 3. The summed E-state index contributed by atoms with van der Waals surface area (Å²) < 4.78 is 0. The van der Waals surface area contributed by atoms with Gasteiger partial charge in [-0.3, -0.25) is 0 Å². The minimum atomic E-state index is 0.879. The summed E-state index contributed by atoms with van der Waals surface area (Å²) in [5.41, 5.74) is 9.05. The molecule has 0 atom stereocenters. The van der Waals surface area contributed by atoms with Crippen LogP contribution in [-0.4, -0.2) is 0 Å². The summed E-state index contributed by atoms with van der Waals surface area (Å²) >= 11 is 0. The third-order valence-electron chi connectivity index (χ3n) is 11.2. The van der Waals surface area contributed by atoms with Crippen LogP contribution in [0.25, 0.3) is 65.9 Å². The summed E-state index contributed by atoms with van der Waals surface area (Å²) in [6, 6.07) is 66.5. The Balaban J connectivity index is 1.17. The first-order chi connectivity index (χ1) is 27.7. The molecule has 0 radical (unpaired) electrons. The third kappa shape index (κ3) is 5.91. The minimum absolute atomic E-state index is 0.879. The average molecular weight is 714 g/mol. The Labute approximate surface area is 327 Å². The van der Waals surface area contributed by atoms with Crippen molar-refractivity contribution in [3.05, 3.63) is 234 Å². The second kappa shape index (κ2) is 14.2. The van der Waals surface area contributed by atoms with Gasteiger partial charge in [0.1, 0.15) is 0 Å². The summed E-state index contributed by atoms with van der Waals surface area (Å²) in [6.45, 7) is 4.55. The van der Waals surface area contributed by atoms with Crippen LogP contribution in [0.3, 0.4) is 0 Å². The van der Waals surface area contributed by atoms with Gasteiger partial charge in [0.15, 0.2) is 0 Å². The van der Waals surface area contributed by atoms with Gasteiger partial charge < -0.3 is 4.90 Å². The molecule has 56 heavy (non-hydrogen) atoms. The van der Waals surface area contributed by atoms with Crippen LogP contribution >= 0.6 is 0 Å². The van der Waals surface area contributed by atoms with Crippen molar-refractivity contribution in [3.8, 4) is 11.1 Å². The molecule has 0 amide bonds. The van der Waals surface area contributed by atoms with Gasteiger partial charge in [-0.15, -0.1) is 0 Å².